The van der Waals surface area contributed by atoms with Crippen molar-refractivity contribution in [3.63, 3.8) is 0 Å². The molecule has 1 aromatic carbocycles. The first kappa shape index (κ1) is 10.8. The normalized spacial score (nSPS) is 11.8. The van der Waals surface area contributed by atoms with Gasteiger partial charge in [0.2, 0.25) is 0 Å². The molecule has 2 N–H and O–H groups in total. The zero-order chi connectivity index (χ0) is 10.2. The second kappa shape index (κ2) is 3.49. The Labute approximate surface area is 89.4 Å². The second-order valence-electron chi connectivity index (χ2n) is 2.36. The number of nitrogen functional groups attached to an aromatic ring is 1. The molecule has 0 bridgehead atoms. The van der Waals surface area contributed by atoms with Crippen molar-refractivity contribution in [2.75, 3.05) is 5.73 Å². The average Bonchev–Trinajstić information content (AvgIpc) is 1.94. The molecule has 6 heteroatoms. The van der Waals surface area contributed by atoms with Crippen LogP contribution in [0.4, 0.5) is 18.9 Å². The molecule has 0 amide bonds. The van der Waals surface area contributed by atoms with Gasteiger partial charge < -0.3 is 5.73 Å². The van der Waals surface area contributed by atoms with E-state index >= 15 is 0 Å². The van der Waals surface area contributed by atoms with Gasteiger partial charge in [-0.15, -0.1) is 0 Å². The van der Waals surface area contributed by atoms with Crippen molar-refractivity contribution in [3.8, 4) is 0 Å². The maximum atomic E-state index is 12.3. The van der Waals surface area contributed by atoms with E-state index in [1.165, 1.54) is 6.07 Å². The van der Waals surface area contributed by atoms with Crippen molar-refractivity contribution in [2.24, 2.45) is 0 Å². The molecule has 1 aromatic rings. The van der Waals surface area contributed by atoms with Gasteiger partial charge in [0.25, 0.3) is 0 Å². The van der Waals surface area contributed by atoms with Crippen LogP contribution < -0.4 is 5.73 Å². The minimum atomic E-state index is -4.39. The Hall–Kier alpha value is -0.230. The monoisotopic (exact) mass is 317 g/mol. The third-order valence-electron chi connectivity index (χ3n) is 1.36. The molecule has 0 spiro atoms. The number of hydrogen-bond donors (Lipinski definition) is 1. The predicted octanol–water partition coefficient (Wildman–Crippen LogP) is 3.81. The summed E-state index contributed by atoms with van der Waals surface area (Å²) >= 11 is 5.79. The number of hydrogen-bond acceptors (Lipinski definition) is 1. The van der Waals surface area contributed by atoms with Gasteiger partial charge in [0.05, 0.1) is 5.56 Å². The van der Waals surface area contributed by atoms with Crippen LogP contribution in [-0.2, 0) is 6.18 Å². The van der Waals surface area contributed by atoms with Crippen LogP contribution in [-0.4, -0.2) is 0 Å². The quantitative estimate of drug-likeness (QED) is 0.723. The molecule has 0 saturated carbocycles. The van der Waals surface area contributed by atoms with Crippen molar-refractivity contribution in [3.05, 3.63) is 26.6 Å². The van der Waals surface area contributed by atoms with Crippen LogP contribution in [0.15, 0.2) is 21.1 Å². The first-order valence-corrected chi connectivity index (χ1v) is 4.72. The van der Waals surface area contributed by atoms with E-state index in [1.807, 2.05) is 0 Å². The maximum absolute atomic E-state index is 12.3. The fraction of sp³-hybridized carbons (Fsp3) is 0.143. The molecule has 0 radical (unpaired) electrons. The number of alkyl halides is 3. The van der Waals surface area contributed by atoms with E-state index in [0.717, 1.165) is 6.07 Å². The molecule has 0 atom stereocenters. The van der Waals surface area contributed by atoms with Gasteiger partial charge in [-0.25, -0.2) is 0 Å². The Balaban J connectivity index is 3.37. The zero-order valence-corrected chi connectivity index (χ0v) is 9.29. The molecule has 0 fully saturated rings. The van der Waals surface area contributed by atoms with Crippen LogP contribution in [0.2, 0.25) is 0 Å². The van der Waals surface area contributed by atoms with Crippen molar-refractivity contribution in [1.29, 1.82) is 0 Å². The van der Waals surface area contributed by atoms with Crippen LogP contribution in [0, 0.1) is 0 Å². The van der Waals surface area contributed by atoms with Gasteiger partial charge in [0, 0.05) is 14.6 Å². The number of halogens is 5. The molecular formula is C7H4Br2F3N. The SMILES string of the molecule is Nc1cc(Br)c(Br)c(C(F)(F)F)c1. The van der Waals surface area contributed by atoms with Gasteiger partial charge in [-0.2, -0.15) is 13.2 Å². The molecule has 0 unspecified atom stereocenters. The standard InChI is InChI=1S/C7H4Br2F3N/c8-5-2-3(13)1-4(6(5)9)7(10,11)12/h1-2H,13H2. The van der Waals surface area contributed by atoms with Crippen LogP contribution >= 0.6 is 31.9 Å². The fourth-order valence-corrected chi connectivity index (χ4v) is 1.75. The highest BCUT2D eigenvalue weighted by atomic mass is 79.9. The molecule has 0 aliphatic carbocycles. The van der Waals surface area contributed by atoms with Gasteiger partial charge in [0.1, 0.15) is 0 Å². The van der Waals surface area contributed by atoms with Crippen LogP contribution in [0.25, 0.3) is 0 Å². The average molecular weight is 319 g/mol. The highest BCUT2D eigenvalue weighted by molar-refractivity contribution is 9.13. The lowest BCUT2D eigenvalue weighted by atomic mass is 10.2. The van der Waals surface area contributed by atoms with Gasteiger partial charge in [-0.05, 0) is 44.0 Å². The van der Waals surface area contributed by atoms with Crippen molar-refractivity contribution < 1.29 is 13.2 Å². The molecule has 0 saturated heterocycles. The minimum absolute atomic E-state index is 0.0331. The summed E-state index contributed by atoms with van der Waals surface area (Å²) in [5.41, 5.74) is 4.57. The minimum Gasteiger partial charge on any atom is -0.399 e. The lowest BCUT2D eigenvalue weighted by Crippen LogP contribution is -2.07. The van der Waals surface area contributed by atoms with E-state index in [1.54, 1.807) is 0 Å². The van der Waals surface area contributed by atoms with Crippen LogP contribution in [0.1, 0.15) is 5.56 Å². The Bertz CT molecular complexity index is 335. The van der Waals surface area contributed by atoms with Gasteiger partial charge in [0.15, 0.2) is 0 Å². The lowest BCUT2D eigenvalue weighted by Gasteiger charge is -2.10. The van der Waals surface area contributed by atoms with Gasteiger partial charge in [-0.3, -0.25) is 0 Å². The molecule has 72 valence electrons. The van der Waals surface area contributed by atoms with Crippen LogP contribution in [0.3, 0.4) is 0 Å². The molecule has 0 aliphatic heterocycles. The second-order valence-corrected chi connectivity index (χ2v) is 4.01. The molecule has 0 aromatic heterocycles. The summed E-state index contributed by atoms with van der Waals surface area (Å²) in [5.74, 6) is 0. The Morgan fingerprint density at radius 1 is 1.15 bits per heavy atom. The number of anilines is 1. The number of rotatable bonds is 0. The summed E-state index contributed by atoms with van der Waals surface area (Å²) in [6.45, 7) is 0. The van der Waals surface area contributed by atoms with E-state index in [2.05, 4.69) is 31.9 Å². The highest BCUT2D eigenvalue weighted by Gasteiger charge is 2.33. The fourth-order valence-electron chi connectivity index (χ4n) is 0.816. The number of nitrogens with two attached hydrogens (primary N) is 1. The van der Waals surface area contributed by atoms with Gasteiger partial charge in [-0.1, -0.05) is 0 Å². The van der Waals surface area contributed by atoms with E-state index in [4.69, 9.17) is 5.73 Å². The summed E-state index contributed by atoms with van der Waals surface area (Å²) in [7, 11) is 0. The first-order valence-electron chi connectivity index (χ1n) is 3.14. The summed E-state index contributed by atoms with van der Waals surface area (Å²) in [5, 5.41) is 0. The van der Waals surface area contributed by atoms with E-state index in [-0.39, 0.29) is 10.2 Å². The lowest BCUT2D eigenvalue weighted by molar-refractivity contribution is -0.138. The third kappa shape index (κ3) is 2.37. The first-order chi connectivity index (χ1) is 5.82. The van der Waals surface area contributed by atoms with Gasteiger partial charge >= 0.3 is 6.18 Å². The summed E-state index contributed by atoms with van der Waals surface area (Å²) < 4.78 is 37.2. The summed E-state index contributed by atoms with van der Waals surface area (Å²) in [6, 6.07) is 2.29. The predicted molar refractivity (Wildman–Crippen MR) is 51.3 cm³/mol. The van der Waals surface area contributed by atoms with Crippen molar-refractivity contribution in [1.82, 2.24) is 0 Å². The molecule has 13 heavy (non-hydrogen) atoms. The molecule has 0 aliphatic rings. The third-order valence-corrected chi connectivity index (χ3v) is 3.37. The van der Waals surface area contributed by atoms with Crippen molar-refractivity contribution >= 4 is 37.5 Å². The highest BCUT2D eigenvalue weighted by Crippen LogP contribution is 2.39. The zero-order valence-electron chi connectivity index (χ0n) is 6.12. The number of benzene rings is 1. The molecule has 0 heterocycles. The Kier molecular flexibility index (Phi) is 2.91. The topological polar surface area (TPSA) is 26.0 Å². The smallest absolute Gasteiger partial charge is 0.399 e. The largest absolute Gasteiger partial charge is 0.417 e. The van der Waals surface area contributed by atoms with Crippen LogP contribution in [0.5, 0.6) is 0 Å². The molecule has 1 nitrogen and oxygen atoms in total. The molecule has 1 rings (SSSR count). The van der Waals surface area contributed by atoms with E-state index < -0.39 is 11.7 Å². The maximum Gasteiger partial charge on any atom is 0.417 e. The summed E-state index contributed by atoms with van der Waals surface area (Å²) in [4.78, 5) is 0. The Morgan fingerprint density at radius 2 is 1.69 bits per heavy atom. The summed E-state index contributed by atoms with van der Waals surface area (Å²) in [6.07, 6.45) is -4.39. The van der Waals surface area contributed by atoms with E-state index in [0.29, 0.717) is 4.47 Å². The van der Waals surface area contributed by atoms with E-state index in [9.17, 15) is 13.2 Å². The molecular weight excluding hydrogens is 315 g/mol. The van der Waals surface area contributed by atoms with Crippen molar-refractivity contribution in [2.45, 2.75) is 6.18 Å². The Morgan fingerprint density at radius 3 is 2.15 bits per heavy atom.